The summed E-state index contributed by atoms with van der Waals surface area (Å²) >= 11 is 0. The number of nitrogen functional groups attached to an aromatic ring is 1. The normalized spacial score (nSPS) is 22.5. The quantitative estimate of drug-likeness (QED) is 0.736. The largest absolute Gasteiger partial charge is 0.384 e. The van der Waals surface area contributed by atoms with Crippen LogP contribution in [0.3, 0.4) is 0 Å². The van der Waals surface area contributed by atoms with E-state index in [4.69, 9.17) is 5.73 Å². The van der Waals surface area contributed by atoms with Gasteiger partial charge in [-0.05, 0) is 72.2 Å². The van der Waals surface area contributed by atoms with Gasteiger partial charge in [0.15, 0.2) is 0 Å². The van der Waals surface area contributed by atoms with Crippen LogP contribution in [0.4, 0.5) is 10.2 Å². The minimum atomic E-state index is -0.340. The summed E-state index contributed by atoms with van der Waals surface area (Å²) in [6.45, 7) is 2.10. The number of nitrogens with zero attached hydrogens (tertiary/aromatic N) is 2. The van der Waals surface area contributed by atoms with Gasteiger partial charge in [-0.25, -0.2) is 9.37 Å². The Morgan fingerprint density at radius 2 is 1.90 bits per heavy atom. The minimum Gasteiger partial charge on any atom is -0.384 e. The zero-order valence-electron chi connectivity index (χ0n) is 15.9. The standard InChI is InChI=1S/C22H23FN4O2/c23-16-5-3-15(4-6-16)22(29)27-12-18-17(19(18)13-27)9-10-25-21(28)8-2-14-1-7-20(24)26-11-14/h1-8,11,17-19H,9-10,12-13H2,(H2,24,26)(H,25,28)/b8-2+/t17-,18-,19+. The number of nitrogens with one attached hydrogen (secondary N) is 1. The van der Waals surface area contributed by atoms with E-state index in [1.807, 2.05) is 4.90 Å². The van der Waals surface area contributed by atoms with Crippen LogP contribution in [-0.4, -0.2) is 41.3 Å². The van der Waals surface area contributed by atoms with Gasteiger partial charge < -0.3 is 16.0 Å². The van der Waals surface area contributed by atoms with E-state index in [2.05, 4.69) is 10.3 Å². The molecule has 2 aromatic rings. The van der Waals surface area contributed by atoms with Gasteiger partial charge in [-0.15, -0.1) is 0 Å². The Hall–Kier alpha value is -3.22. The molecule has 0 radical (unpaired) electrons. The Morgan fingerprint density at radius 3 is 2.55 bits per heavy atom. The zero-order chi connectivity index (χ0) is 20.4. The molecule has 2 heterocycles. The first-order valence-electron chi connectivity index (χ1n) is 9.73. The van der Waals surface area contributed by atoms with E-state index in [-0.39, 0.29) is 17.6 Å². The number of carbonyl (C=O) groups excluding carboxylic acids is 2. The van der Waals surface area contributed by atoms with Crippen molar-refractivity contribution in [3.63, 3.8) is 0 Å². The van der Waals surface area contributed by atoms with Gasteiger partial charge >= 0.3 is 0 Å². The summed E-state index contributed by atoms with van der Waals surface area (Å²) in [6, 6.07) is 9.18. The van der Waals surface area contributed by atoms with Crippen molar-refractivity contribution in [1.29, 1.82) is 0 Å². The summed E-state index contributed by atoms with van der Waals surface area (Å²) in [5.74, 6) is 1.50. The van der Waals surface area contributed by atoms with E-state index in [0.717, 1.165) is 25.1 Å². The fourth-order valence-electron chi connectivity index (χ4n) is 4.13. The first-order chi connectivity index (χ1) is 14.0. The number of carbonyl (C=O) groups is 2. The second kappa shape index (κ2) is 8.03. The van der Waals surface area contributed by atoms with Crippen LogP contribution >= 0.6 is 0 Å². The van der Waals surface area contributed by atoms with Crippen LogP contribution in [0.1, 0.15) is 22.3 Å². The maximum absolute atomic E-state index is 13.0. The highest BCUT2D eigenvalue weighted by Gasteiger charge is 2.55. The molecule has 1 aliphatic carbocycles. The lowest BCUT2D eigenvalue weighted by Gasteiger charge is -2.20. The number of pyridine rings is 1. The molecule has 6 nitrogen and oxygen atoms in total. The number of benzene rings is 1. The van der Waals surface area contributed by atoms with E-state index in [1.165, 1.54) is 30.3 Å². The van der Waals surface area contributed by atoms with Crippen LogP contribution in [-0.2, 0) is 4.79 Å². The Balaban J connectivity index is 1.17. The number of rotatable bonds is 6. The highest BCUT2D eigenvalue weighted by molar-refractivity contribution is 5.94. The molecule has 7 heteroatoms. The SMILES string of the molecule is Nc1ccc(/C=C/C(=O)NCC[C@@H]2[C@H]3CN(C(=O)c4ccc(F)cc4)C[C@@H]23)cn1. The third-order valence-electron chi connectivity index (χ3n) is 5.76. The van der Waals surface area contributed by atoms with Gasteiger partial charge in [-0.1, -0.05) is 0 Å². The summed E-state index contributed by atoms with van der Waals surface area (Å²) in [4.78, 5) is 30.2. The fraction of sp³-hybridized carbons (Fsp3) is 0.318. The Kier molecular flexibility index (Phi) is 5.29. The van der Waals surface area contributed by atoms with Crippen molar-refractivity contribution in [2.24, 2.45) is 17.8 Å². The number of aromatic nitrogens is 1. The molecular weight excluding hydrogens is 371 g/mol. The van der Waals surface area contributed by atoms with E-state index < -0.39 is 0 Å². The van der Waals surface area contributed by atoms with E-state index in [0.29, 0.717) is 35.7 Å². The lowest BCUT2D eigenvalue weighted by molar-refractivity contribution is -0.116. The second-order valence-electron chi connectivity index (χ2n) is 7.64. The number of hydrogen-bond acceptors (Lipinski definition) is 4. The third-order valence-corrected chi connectivity index (χ3v) is 5.76. The minimum absolute atomic E-state index is 0.0356. The van der Waals surface area contributed by atoms with Crippen molar-refractivity contribution in [2.75, 3.05) is 25.4 Å². The topological polar surface area (TPSA) is 88.3 Å². The van der Waals surface area contributed by atoms with E-state index in [1.54, 1.807) is 24.4 Å². The van der Waals surface area contributed by atoms with E-state index >= 15 is 0 Å². The maximum Gasteiger partial charge on any atom is 0.253 e. The number of hydrogen-bond donors (Lipinski definition) is 2. The monoisotopic (exact) mass is 394 g/mol. The van der Waals surface area contributed by atoms with E-state index in [9.17, 15) is 14.0 Å². The predicted molar refractivity (Wildman–Crippen MR) is 108 cm³/mol. The molecule has 2 aliphatic rings. The highest BCUT2D eigenvalue weighted by Crippen LogP contribution is 2.53. The summed E-state index contributed by atoms with van der Waals surface area (Å²) in [7, 11) is 0. The molecule has 1 saturated heterocycles. The van der Waals surface area contributed by atoms with Gasteiger partial charge in [-0.2, -0.15) is 0 Å². The van der Waals surface area contributed by atoms with Crippen molar-refractivity contribution in [3.05, 3.63) is 65.6 Å². The molecule has 150 valence electrons. The summed E-state index contributed by atoms with van der Waals surface area (Å²) in [5, 5.41) is 2.90. The molecule has 1 aliphatic heterocycles. The molecule has 2 amide bonds. The molecule has 1 aromatic heterocycles. The number of piperidine rings is 1. The lowest BCUT2D eigenvalue weighted by Crippen LogP contribution is -2.32. The molecule has 3 atom stereocenters. The van der Waals surface area contributed by atoms with Gasteiger partial charge in [-0.3, -0.25) is 9.59 Å². The van der Waals surface area contributed by atoms with Gasteiger partial charge in [0.25, 0.3) is 5.91 Å². The average Bonchev–Trinajstić information content (AvgIpc) is 3.16. The highest BCUT2D eigenvalue weighted by atomic mass is 19.1. The number of nitrogens with two attached hydrogens (primary N) is 1. The molecular formula is C22H23FN4O2. The predicted octanol–water partition coefficient (Wildman–Crippen LogP) is 2.34. The Morgan fingerprint density at radius 1 is 1.17 bits per heavy atom. The number of fused-ring (bicyclic) bond motifs is 1. The summed E-state index contributed by atoms with van der Waals surface area (Å²) in [6.07, 6.45) is 5.72. The van der Waals surface area contributed by atoms with Crippen molar-refractivity contribution < 1.29 is 14.0 Å². The fourth-order valence-corrected chi connectivity index (χ4v) is 4.13. The van der Waals surface area contributed by atoms with Crippen molar-refractivity contribution in [3.8, 4) is 0 Å². The summed E-state index contributed by atoms with van der Waals surface area (Å²) < 4.78 is 13.0. The lowest BCUT2D eigenvalue weighted by atomic mass is 10.1. The maximum atomic E-state index is 13.0. The number of anilines is 1. The Bertz CT molecular complexity index is 915. The molecule has 4 rings (SSSR count). The van der Waals surface area contributed by atoms with Gasteiger partial charge in [0.2, 0.25) is 5.91 Å². The van der Waals surface area contributed by atoms with Crippen LogP contribution in [0.2, 0.25) is 0 Å². The molecule has 29 heavy (non-hydrogen) atoms. The third kappa shape index (κ3) is 4.45. The molecule has 1 aromatic carbocycles. The van der Waals surface area contributed by atoms with Crippen LogP contribution in [0.25, 0.3) is 6.08 Å². The van der Waals surface area contributed by atoms with Gasteiger partial charge in [0.1, 0.15) is 11.6 Å². The van der Waals surface area contributed by atoms with Gasteiger partial charge in [0.05, 0.1) is 0 Å². The average molecular weight is 394 g/mol. The summed E-state index contributed by atoms with van der Waals surface area (Å²) in [5.41, 5.74) is 6.88. The first-order valence-corrected chi connectivity index (χ1v) is 9.73. The van der Waals surface area contributed by atoms with Crippen molar-refractivity contribution >= 4 is 23.7 Å². The number of amides is 2. The molecule has 0 spiro atoms. The van der Waals surface area contributed by atoms with Crippen LogP contribution in [0, 0.1) is 23.6 Å². The molecule has 0 bridgehead atoms. The van der Waals surface area contributed by atoms with Gasteiger partial charge in [0, 0.05) is 37.5 Å². The molecule has 2 fully saturated rings. The smallest absolute Gasteiger partial charge is 0.253 e. The van der Waals surface area contributed by atoms with Crippen LogP contribution in [0.15, 0.2) is 48.7 Å². The first kappa shape index (κ1) is 19.1. The second-order valence-corrected chi connectivity index (χ2v) is 7.64. The molecule has 0 unspecified atom stereocenters. The Labute approximate surface area is 168 Å². The van der Waals surface area contributed by atoms with Crippen molar-refractivity contribution in [1.82, 2.24) is 15.2 Å². The molecule has 3 N–H and O–H groups in total. The number of halogens is 1. The van der Waals surface area contributed by atoms with Crippen LogP contribution < -0.4 is 11.1 Å². The van der Waals surface area contributed by atoms with Crippen LogP contribution in [0.5, 0.6) is 0 Å². The van der Waals surface area contributed by atoms with Crippen molar-refractivity contribution in [2.45, 2.75) is 6.42 Å². The molecule has 1 saturated carbocycles. The zero-order valence-corrected chi connectivity index (χ0v) is 15.9. The number of likely N-dealkylation sites (tertiary alicyclic amines) is 1.